The molecule has 2 fully saturated rings. The van der Waals surface area contributed by atoms with E-state index in [4.69, 9.17) is 4.74 Å². The molecule has 2 saturated heterocycles. The third-order valence-electron chi connectivity index (χ3n) is 5.57. The van der Waals surface area contributed by atoms with Crippen LogP contribution in [0, 0.1) is 13.8 Å². The van der Waals surface area contributed by atoms with E-state index in [9.17, 15) is 8.42 Å². The summed E-state index contributed by atoms with van der Waals surface area (Å²) in [6, 6.07) is 3.93. The van der Waals surface area contributed by atoms with Crippen molar-refractivity contribution in [3.05, 3.63) is 23.5 Å². The molecule has 2 aliphatic heterocycles. The number of hydrogen-bond acceptors (Lipinski definition) is 8. The minimum absolute atomic E-state index is 0.322. The largest absolute Gasteiger partial charge is 0.378 e. The Balaban J connectivity index is 1.42. The van der Waals surface area contributed by atoms with Crippen LogP contribution in [0.4, 0.5) is 11.6 Å². The molecule has 4 rings (SSSR count). The van der Waals surface area contributed by atoms with Gasteiger partial charge < -0.3 is 14.5 Å². The van der Waals surface area contributed by atoms with Crippen LogP contribution in [0.15, 0.2) is 17.0 Å². The first-order chi connectivity index (χ1) is 13.9. The van der Waals surface area contributed by atoms with Crippen molar-refractivity contribution in [1.29, 1.82) is 0 Å². The van der Waals surface area contributed by atoms with Crippen LogP contribution < -0.4 is 9.80 Å². The molecule has 0 saturated carbocycles. The average molecular weight is 422 g/mol. The summed E-state index contributed by atoms with van der Waals surface area (Å²) in [4.78, 5) is 4.55. The molecule has 0 aromatic carbocycles. The molecule has 2 aliphatic rings. The first-order valence-electron chi connectivity index (χ1n) is 9.79. The van der Waals surface area contributed by atoms with Gasteiger partial charge in [-0.2, -0.15) is 9.40 Å². The van der Waals surface area contributed by atoms with Crippen LogP contribution in [-0.2, 0) is 21.8 Å². The molecule has 158 valence electrons. The van der Waals surface area contributed by atoms with Crippen molar-refractivity contribution in [2.24, 2.45) is 7.05 Å². The molecule has 0 N–H and O–H groups in total. The van der Waals surface area contributed by atoms with Gasteiger partial charge in [0.1, 0.15) is 4.90 Å². The first-order valence-corrected chi connectivity index (χ1v) is 11.2. The predicted octanol–water partition coefficient (Wildman–Crippen LogP) is 0.174. The zero-order chi connectivity index (χ0) is 20.6. The second kappa shape index (κ2) is 7.88. The van der Waals surface area contributed by atoms with E-state index < -0.39 is 10.0 Å². The van der Waals surface area contributed by atoms with Gasteiger partial charge in [0, 0.05) is 46.3 Å². The number of piperazine rings is 1. The highest BCUT2D eigenvalue weighted by molar-refractivity contribution is 7.89. The number of hydrogen-bond donors (Lipinski definition) is 0. The van der Waals surface area contributed by atoms with Gasteiger partial charge in [0.25, 0.3) is 0 Å². The highest BCUT2D eigenvalue weighted by Gasteiger charge is 2.33. The second-order valence-corrected chi connectivity index (χ2v) is 9.24. The number of aryl methyl sites for hydroxylation is 2. The Morgan fingerprint density at radius 2 is 1.45 bits per heavy atom. The summed E-state index contributed by atoms with van der Waals surface area (Å²) in [6.45, 7) is 8.52. The average Bonchev–Trinajstić information content (AvgIpc) is 3.01. The molecular formula is C18H27N7O3S. The third-order valence-corrected chi connectivity index (χ3v) is 7.73. The fourth-order valence-corrected chi connectivity index (χ4v) is 5.68. The topological polar surface area (TPSA) is 96.7 Å². The monoisotopic (exact) mass is 421 g/mol. The second-order valence-electron chi connectivity index (χ2n) is 7.36. The number of rotatable bonds is 4. The molecule has 2 aromatic heterocycles. The number of morpholine rings is 1. The van der Waals surface area contributed by atoms with Gasteiger partial charge in [-0.15, -0.1) is 10.2 Å². The van der Waals surface area contributed by atoms with E-state index in [0.29, 0.717) is 55.7 Å². The van der Waals surface area contributed by atoms with Gasteiger partial charge in [0.15, 0.2) is 11.6 Å². The molecule has 4 heterocycles. The van der Waals surface area contributed by atoms with Crippen molar-refractivity contribution in [1.82, 2.24) is 24.3 Å². The van der Waals surface area contributed by atoms with Crippen LogP contribution in [0.3, 0.4) is 0 Å². The van der Waals surface area contributed by atoms with Gasteiger partial charge in [0.05, 0.1) is 24.6 Å². The Morgan fingerprint density at radius 3 is 1.93 bits per heavy atom. The molecule has 0 spiro atoms. The van der Waals surface area contributed by atoms with Crippen LogP contribution in [-0.4, -0.2) is 85.2 Å². The lowest BCUT2D eigenvalue weighted by molar-refractivity contribution is 0.122. The molecule has 10 nitrogen and oxygen atoms in total. The lowest BCUT2D eigenvalue weighted by Gasteiger charge is -2.34. The van der Waals surface area contributed by atoms with E-state index >= 15 is 0 Å². The maximum Gasteiger partial charge on any atom is 0.246 e. The van der Waals surface area contributed by atoms with Crippen molar-refractivity contribution >= 4 is 21.7 Å². The minimum Gasteiger partial charge on any atom is -0.378 e. The van der Waals surface area contributed by atoms with Crippen LogP contribution in [0.2, 0.25) is 0 Å². The lowest BCUT2D eigenvalue weighted by Crippen LogP contribution is -2.49. The van der Waals surface area contributed by atoms with E-state index in [-0.39, 0.29) is 0 Å². The number of ether oxygens (including phenoxy) is 1. The normalized spacial score (nSPS) is 19.0. The smallest absolute Gasteiger partial charge is 0.246 e. The zero-order valence-electron chi connectivity index (χ0n) is 17.1. The predicted molar refractivity (Wildman–Crippen MR) is 109 cm³/mol. The summed E-state index contributed by atoms with van der Waals surface area (Å²) < 4.78 is 34.8. The number of nitrogens with zero attached hydrogens (tertiary/aromatic N) is 7. The van der Waals surface area contributed by atoms with Crippen molar-refractivity contribution in [3.8, 4) is 0 Å². The number of aromatic nitrogens is 4. The molecule has 0 unspecified atom stereocenters. The van der Waals surface area contributed by atoms with Gasteiger partial charge in [-0.25, -0.2) is 8.42 Å². The van der Waals surface area contributed by atoms with E-state index in [0.717, 1.165) is 24.7 Å². The van der Waals surface area contributed by atoms with Gasteiger partial charge >= 0.3 is 0 Å². The Hall–Kier alpha value is -2.24. The van der Waals surface area contributed by atoms with Gasteiger partial charge in [0.2, 0.25) is 10.0 Å². The Labute approximate surface area is 171 Å². The van der Waals surface area contributed by atoms with Crippen LogP contribution in [0.1, 0.15) is 11.4 Å². The standard InChI is InChI=1S/C18H27N7O3S/c1-14-18(15(2)22(3)21-14)29(26,27)25-8-6-23(7-9-25)16-4-5-17(20-19-16)24-10-12-28-13-11-24/h4-5H,6-13H2,1-3H3. The maximum absolute atomic E-state index is 13.1. The molecule has 0 bridgehead atoms. The minimum atomic E-state index is -3.56. The van der Waals surface area contributed by atoms with Crippen molar-refractivity contribution in [3.63, 3.8) is 0 Å². The molecule has 29 heavy (non-hydrogen) atoms. The SMILES string of the molecule is Cc1nn(C)c(C)c1S(=O)(=O)N1CCN(c2ccc(N3CCOCC3)nn2)CC1. The fourth-order valence-electron chi connectivity index (χ4n) is 3.86. The fraction of sp³-hybridized carbons (Fsp3) is 0.611. The maximum atomic E-state index is 13.1. The van der Waals surface area contributed by atoms with E-state index in [2.05, 4.69) is 25.1 Å². The van der Waals surface area contributed by atoms with Crippen LogP contribution in [0.25, 0.3) is 0 Å². The van der Waals surface area contributed by atoms with Gasteiger partial charge in [-0.05, 0) is 26.0 Å². The van der Waals surface area contributed by atoms with Crippen molar-refractivity contribution in [2.45, 2.75) is 18.7 Å². The zero-order valence-corrected chi connectivity index (χ0v) is 17.9. The summed E-state index contributed by atoms with van der Waals surface area (Å²) in [5, 5.41) is 13.0. The van der Waals surface area contributed by atoms with Crippen molar-refractivity contribution < 1.29 is 13.2 Å². The summed E-state index contributed by atoms with van der Waals surface area (Å²) in [5.41, 5.74) is 1.20. The summed E-state index contributed by atoms with van der Waals surface area (Å²) >= 11 is 0. The highest BCUT2D eigenvalue weighted by Crippen LogP contribution is 2.25. The molecule has 11 heteroatoms. The Bertz CT molecular complexity index is 960. The number of anilines is 2. The third kappa shape index (κ3) is 3.81. The lowest BCUT2D eigenvalue weighted by atomic mass is 10.3. The molecule has 0 atom stereocenters. The molecule has 0 aliphatic carbocycles. The summed E-state index contributed by atoms with van der Waals surface area (Å²) in [5.74, 6) is 1.62. The number of sulfonamides is 1. The van der Waals surface area contributed by atoms with Crippen molar-refractivity contribution in [2.75, 3.05) is 62.3 Å². The van der Waals surface area contributed by atoms with E-state index in [1.807, 2.05) is 12.1 Å². The van der Waals surface area contributed by atoms with Crippen LogP contribution >= 0.6 is 0 Å². The molecule has 0 radical (unpaired) electrons. The quantitative estimate of drug-likeness (QED) is 0.690. The van der Waals surface area contributed by atoms with E-state index in [1.165, 1.54) is 4.31 Å². The summed E-state index contributed by atoms with van der Waals surface area (Å²) in [7, 11) is -1.80. The van der Waals surface area contributed by atoms with E-state index in [1.54, 1.807) is 25.6 Å². The molecule has 2 aromatic rings. The highest BCUT2D eigenvalue weighted by atomic mass is 32.2. The Morgan fingerprint density at radius 1 is 0.897 bits per heavy atom. The Kier molecular flexibility index (Phi) is 5.45. The molecular weight excluding hydrogens is 394 g/mol. The van der Waals surface area contributed by atoms with Gasteiger partial charge in [-0.3, -0.25) is 4.68 Å². The first kappa shape index (κ1) is 20.0. The van der Waals surface area contributed by atoms with Gasteiger partial charge in [-0.1, -0.05) is 0 Å². The summed E-state index contributed by atoms with van der Waals surface area (Å²) in [6.07, 6.45) is 0. The van der Waals surface area contributed by atoms with Crippen LogP contribution in [0.5, 0.6) is 0 Å². The molecule has 0 amide bonds.